The highest BCUT2D eigenvalue weighted by atomic mass is 79.9. The second kappa shape index (κ2) is 9.41. The minimum absolute atomic E-state index is 0.0301. The average molecular weight is 490 g/mol. The fourth-order valence-electron chi connectivity index (χ4n) is 3.41. The first kappa shape index (κ1) is 21.2. The van der Waals surface area contributed by atoms with E-state index in [4.69, 9.17) is 4.74 Å². The van der Waals surface area contributed by atoms with E-state index >= 15 is 0 Å². The van der Waals surface area contributed by atoms with E-state index in [0.717, 1.165) is 29.5 Å². The standard InChI is InChI=1S/C22H21BrFN3O2S/c1-14(20(28)15-4-8-17(23)9-5-15)30-22-26-25-21(16-6-10-18(24)11-7-16)27(22)13-19-3-2-12-29-19/h4-11,14,19H,2-3,12-13H2,1H3/t14-,19-/m1/s1. The number of rotatable bonds is 7. The summed E-state index contributed by atoms with van der Waals surface area (Å²) in [5.74, 6) is 0.381. The van der Waals surface area contributed by atoms with Gasteiger partial charge >= 0.3 is 0 Å². The number of hydrogen-bond acceptors (Lipinski definition) is 5. The number of ether oxygens (including phenoxy) is 1. The fraction of sp³-hybridized carbons (Fsp3) is 0.318. The number of ketones is 1. The summed E-state index contributed by atoms with van der Waals surface area (Å²) in [6.45, 7) is 3.22. The van der Waals surface area contributed by atoms with Crippen LogP contribution in [0.3, 0.4) is 0 Å². The van der Waals surface area contributed by atoms with Gasteiger partial charge in [0.15, 0.2) is 16.8 Å². The monoisotopic (exact) mass is 489 g/mol. The van der Waals surface area contributed by atoms with Crippen LogP contribution in [0.5, 0.6) is 0 Å². The molecule has 3 aromatic rings. The van der Waals surface area contributed by atoms with Crippen molar-refractivity contribution < 1.29 is 13.9 Å². The molecule has 1 aliphatic rings. The minimum atomic E-state index is -0.334. The molecule has 1 aromatic heterocycles. The maximum absolute atomic E-state index is 13.4. The highest BCUT2D eigenvalue weighted by Crippen LogP contribution is 2.30. The molecule has 2 aromatic carbocycles. The fourth-order valence-corrected chi connectivity index (χ4v) is 4.61. The van der Waals surface area contributed by atoms with E-state index in [-0.39, 0.29) is 23.0 Å². The van der Waals surface area contributed by atoms with Crippen LogP contribution in [0.4, 0.5) is 4.39 Å². The van der Waals surface area contributed by atoms with E-state index in [9.17, 15) is 9.18 Å². The van der Waals surface area contributed by atoms with Gasteiger partial charge in [0.1, 0.15) is 5.82 Å². The van der Waals surface area contributed by atoms with Crippen molar-refractivity contribution in [3.8, 4) is 11.4 Å². The molecular formula is C22H21BrFN3O2S. The number of carbonyl (C=O) groups is 1. The highest BCUT2D eigenvalue weighted by Gasteiger charge is 2.25. The van der Waals surface area contributed by atoms with Crippen molar-refractivity contribution in [1.29, 1.82) is 0 Å². The van der Waals surface area contributed by atoms with Crippen molar-refractivity contribution in [2.24, 2.45) is 0 Å². The molecule has 5 nitrogen and oxygen atoms in total. The van der Waals surface area contributed by atoms with E-state index in [0.29, 0.717) is 23.1 Å². The lowest BCUT2D eigenvalue weighted by molar-refractivity contribution is 0.0953. The van der Waals surface area contributed by atoms with Crippen LogP contribution >= 0.6 is 27.7 Å². The van der Waals surface area contributed by atoms with Crippen LogP contribution < -0.4 is 0 Å². The van der Waals surface area contributed by atoms with Gasteiger partial charge in [-0.15, -0.1) is 10.2 Å². The second-order valence-electron chi connectivity index (χ2n) is 7.19. The molecule has 0 bridgehead atoms. The van der Waals surface area contributed by atoms with Gasteiger partial charge in [0.05, 0.1) is 17.9 Å². The number of Topliss-reactive ketones (excluding diaryl/α,β-unsaturated/α-hetero) is 1. The third-order valence-corrected chi connectivity index (χ3v) is 6.62. The van der Waals surface area contributed by atoms with E-state index < -0.39 is 0 Å². The van der Waals surface area contributed by atoms with Crippen LogP contribution in [-0.2, 0) is 11.3 Å². The molecule has 8 heteroatoms. The van der Waals surface area contributed by atoms with E-state index in [1.807, 2.05) is 35.8 Å². The van der Waals surface area contributed by atoms with Gasteiger partial charge in [-0.2, -0.15) is 0 Å². The lowest BCUT2D eigenvalue weighted by atomic mass is 10.1. The molecule has 1 saturated heterocycles. The van der Waals surface area contributed by atoms with Crippen molar-refractivity contribution in [2.45, 2.75) is 42.8 Å². The van der Waals surface area contributed by atoms with Gasteiger partial charge in [-0.25, -0.2) is 4.39 Å². The van der Waals surface area contributed by atoms with E-state index in [1.165, 1.54) is 23.9 Å². The molecule has 0 spiro atoms. The van der Waals surface area contributed by atoms with Gasteiger partial charge < -0.3 is 4.74 Å². The molecule has 30 heavy (non-hydrogen) atoms. The Labute approximate surface area is 187 Å². The maximum atomic E-state index is 13.4. The predicted molar refractivity (Wildman–Crippen MR) is 118 cm³/mol. The Hall–Kier alpha value is -2.03. The first-order valence-corrected chi connectivity index (χ1v) is 11.5. The maximum Gasteiger partial charge on any atom is 0.192 e. The molecule has 0 aliphatic carbocycles. The Kier molecular flexibility index (Phi) is 6.65. The predicted octanol–water partition coefficient (Wildman–Crippen LogP) is 5.39. The third kappa shape index (κ3) is 4.82. The highest BCUT2D eigenvalue weighted by molar-refractivity contribution is 9.10. The van der Waals surface area contributed by atoms with Crippen LogP contribution in [0.1, 0.15) is 30.1 Å². The molecule has 0 amide bonds. The molecule has 156 valence electrons. The van der Waals surface area contributed by atoms with Gasteiger partial charge in [-0.1, -0.05) is 39.8 Å². The number of nitrogens with zero attached hydrogens (tertiary/aromatic N) is 3. The number of aromatic nitrogens is 3. The summed E-state index contributed by atoms with van der Waals surface area (Å²) < 4.78 is 22.1. The molecule has 0 N–H and O–H groups in total. The SMILES string of the molecule is C[C@@H](Sc1nnc(-c2ccc(F)cc2)n1C[C@H]1CCCO1)C(=O)c1ccc(Br)cc1. The van der Waals surface area contributed by atoms with Gasteiger partial charge in [0.25, 0.3) is 0 Å². The van der Waals surface area contributed by atoms with Crippen LogP contribution in [0.25, 0.3) is 11.4 Å². The van der Waals surface area contributed by atoms with Crippen molar-refractivity contribution in [3.05, 3.63) is 64.4 Å². The first-order chi connectivity index (χ1) is 14.5. The molecule has 1 aliphatic heterocycles. The Bertz CT molecular complexity index is 1020. The molecule has 0 saturated carbocycles. The summed E-state index contributed by atoms with van der Waals surface area (Å²) in [7, 11) is 0. The quantitative estimate of drug-likeness (QED) is 0.329. The molecule has 4 rings (SSSR count). The minimum Gasteiger partial charge on any atom is -0.376 e. The lowest BCUT2D eigenvalue weighted by Gasteiger charge is -2.16. The first-order valence-electron chi connectivity index (χ1n) is 9.78. The zero-order chi connectivity index (χ0) is 21.1. The molecular weight excluding hydrogens is 469 g/mol. The topological polar surface area (TPSA) is 57.0 Å². The molecule has 2 heterocycles. The Morgan fingerprint density at radius 2 is 1.97 bits per heavy atom. The summed E-state index contributed by atoms with van der Waals surface area (Å²) in [6, 6.07) is 13.5. The van der Waals surface area contributed by atoms with Gasteiger partial charge in [0.2, 0.25) is 0 Å². The van der Waals surface area contributed by atoms with Crippen LogP contribution in [0.2, 0.25) is 0 Å². The van der Waals surface area contributed by atoms with Crippen molar-refractivity contribution >= 4 is 33.5 Å². The summed E-state index contributed by atoms with van der Waals surface area (Å²) in [5, 5.41) is 9.03. The number of benzene rings is 2. The van der Waals surface area contributed by atoms with Crippen LogP contribution in [-0.4, -0.2) is 38.5 Å². The van der Waals surface area contributed by atoms with E-state index in [1.54, 1.807) is 12.1 Å². The number of thioether (sulfide) groups is 1. The average Bonchev–Trinajstić information content (AvgIpc) is 3.40. The van der Waals surface area contributed by atoms with Crippen LogP contribution in [0.15, 0.2) is 58.2 Å². The smallest absolute Gasteiger partial charge is 0.192 e. The zero-order valence-electron chi connectivity index (χ0n) is 16.4. The molecule has 0 radical (unpaired) electrons. The Balaban J connectivity index is 1.60. The number of halogens is 2. The second-order valence-corrected chi connectivity index (χ2v) is 9.41. The normalized spacial score (nSPS) is 17.2. The molecule has 1 fully saturated rings. The summed E-state index contributed by atoms with van der Waals surface area (Å²) >= 11 is 4.77. The largest absolute Gasteiger partial charge is 0.376 e. The molecule has 0 unspecified atom stereocenters. The molecule has 2 atom stereocenters. The lowest BCUT2D eigenvalue weighted by Crippen LogP contribution is -2.19. The number of carbonyl (C=O) groups excluding carboxylic acids is 1. The summed E-state index contributed by atoms with van der Waals surface area (Å²) in [6.07, 6.45) is 2.08. The summed E-state index contributed by atoms with van der Waals surface area (Å²) in [4.78, 5) is 12.9. The van der Waals surface area contributed by atoms with Gasteiger partial charge in [0, 0.05) is 22.2 Å². The summed E-state index contributed by atoms with van der Waals surface area (Å²) in [5.41, 5.74) is 1.43. The van der Waals surface area contributed by atoms with E-state index in [2.05, 4.69) is 26.1 Å². The number of hydrogen-bond donors (Lipinski definition) is 0. The third-order valence-electron chi connectivity index (χ3n) is 5.01. The Morgan fingerprint density at radius 1 is 1.23 bits per heavy atom. The van der Waals surface area contributed by atoms with Crippen molar-refractivity contribution in [3.63, 3.8) is 0 Å². The van der Waals surface area contributed by atoms with Crippen molar-refractivity contribution in [2.75, 3.05) is 6.61 Å². The van der Waals surface area contributed by atoms with Crippen LogP contribution in [0, 0.1) is 5.82 Å². The van der Waals surface area contributed by atoms with Crippen molar-refractivity contribution in [1.82, 2.24) is 14.8 Å². The zero-order valence-corrected chi connectivity index (χ0v) is 18.8. The Morgan fingerprint density at radius 3 is 2.63 bits per heavy atom. The van der Waals surface area contributed by atoms with Gasteiger partial charge in [-0.3, -0.25) is 9.36 Å². The van der Waals surface area contributed by atoms with Gasteiger partial charge in [-0.05, 0) is 56.2 Å².